The molecule has 1 heterocycles. The van der Waals surface area contributed by atoms with E-state index in [0.717, 1.165) is 6.20 Å². The monoisotopic (exact) mass is 271 g/mol. The van der Waals surface area contributed by atoms with E-state index in [0.29, 0.717) is 13.1 Å². The average Bonchev–Trinajstić information content (AvgIpc) is 2.13. The minimum atomic E-state index is -4.93. The maximum absolute atomic E-state index is 12.1. The van der Waals surface area contributed by atoms with Gasteiger partial charge in [-0.1, -0.05) is 11.6 Å². The summed E-state index contributed by atoms with van der Waals surface area (Å²) >= 11 is 5.35. The number of Topliss-reactive ketones (excluding diaryl/α,β-unsaturated/α-hetero) is 1. The van der Waals surface area contributed by atoms with Crippen molar-refractivity contribution < 1.29 is 22.7 Å². The third kappa shape index (κ3) is 4.20. The predicted octanol–water partition coefficient (Wildman–Crippen LogP) is 2.31. The van der Waals surface area contributed by atoms with Crippen LogP contribution in [0, 0.1) is 0 Å². The first-order valence-corrected chi connectivity index (χ1v) is 5.46. The Morgan fingerprint density at radius 1 is 1.35 bits per heavy atom. The number of rotatable bonds is 2. The summed E-state index contributed by atoms with van der Waals surface area (Å²) in [7, 11) is 0. The van der Waals surface area contributed by atoms with Crippen LogP contribution in [0.4, 0.5) is 13.2 Å². The molecule has 0 aliphatic carbocycles. The Morgan fingerprint density at radius 3 is 2.24 bits per heavy atom. The summed E-state index contributed by atoms with van der Waals surface area (Å²) in [5.41, 5.74) is 0. The first kappa shape index (κ1) is 14.3. The number of ether oxygens (including phenoxy) is 1. The van der Waals surface area contributed by atoms with Gasteiger partial charge in [-0.3, -0.25) is 4.79 Å². The average molecular weight is 272 g/mol. The van der Waals surface area contributed by atoms with Gasteiger partial charge in [-0.05, 0) is 13.8 Å². The number of hydrogen-bond donors (Lipinski definition) is 0. The van der Waals surface area contributed by atoms with Gasteiger partial charge in [0.25, 0.3) is 5.78 Å². The highest BCUT2D eigenvalue weighted by molar-refractivity contribution is 6.43. The van der Waals surface area contributed by atoms with Gasteiger partial charge in [0.2, 0.25) is 0 Å². The fraction of sp³-hybridized carbons (Fsp3) is 0.700. The molecule has 2 unspecified atom stereocenters. The molecule has 0 N–H and O–H groups in total. The number of nitrogens with zero attached hydrogens (tertiary/aromatic N) is 1. The highest BCUT2D eigenvalue weighted by Gasteiger charge is 2.40. The molecule has 0 aromatic rings. The van der Waals surface area contributed by atoms with Crippen molar-refractivity contribution in [3.05, 3.63) is 11.2 Å². The summed E-state index contributed by atoms with van der Waals surface area (Å²) in [6, 6.07) is 0. The molecule has 0 spiro atoms. The van der Waals surface area contributed by atoms with Gasteiger partial charge in [-0.15, -0.1) is 0 Å². The molecule has 1 saturated heterocycles. The van der Waals surface area contributed by atoms with Gasteiger partial charge in [-0.2, -0.15) is 13.2 Å². The van der Waals surface area contributed by atoms with E-state index in [1.165, 1.54) is 0 Å². The Kier molecular flexibility index (Phi) is 4.43. The zero-order valence-electron chi connectivity index (χ0n) is 9.42. The van der Waals surface area contributed by atoms with Crippen LogP contribution >= 0.6 is 11.6 Å². The maximum Gasteiger partial charge on any atom is 0.455 e. The summed E-state index contributed by atoms with van der Waals surface area (Å²) in [5.74, 6) is -2.02. The van der Waals surface area contributed by atoms with E-state index < -0.39 is 17.0 Å². The summed E-state index contributed by atoms with van der Waals surface area (Å²) in [6.07, 6.45) is -4.12. The van der Waals surface area contributed by atoms with Gasteiger partial charge in [0.1, 0.15) is 5.03 Å². The normalized spacial score (nSPS) is 27.2. The molecule has 0 saturated carbocycles. The van der Waals surface area contributed by atoms with Crippen molar-refractivity contribution in [2.45, 2.75) is 32.2 Å². The number of halogens is 4. The molecule has 1 aliphatic rings. The van der Waals surface area contributed by atoms with Gasteiger partial charge >= 0.3 is 6.18 Å². The minimum absolute atomic E-state index is 0.111. The second-order valence-corrected chi connectivity index (χ2v) is 4.42. The van der Waals surface area contributed by atoms with Crippen molar-refractivity contribution >= 4 is 17.4 Å². The molecule has 1 fully saturated rings. The number of alkyl halides is 3. The molecule has 1 rings (SSSR count). The lowest BCUT2D eigenvalue weighted by Crippen LogP contribution is -2.43. The van der Waals surface area contributed by atoms with Crippen LogP contribution in [0.5, 0.6) is 0 Å². The lowest BCUT2D eigenvalue weighted by atomic mass is 10.2. The molecular weight excluding hydrogens is 259 g/mol. The summed E-state index contributed by atoms with van der Waals surface area (Å²) in [5, 5.41) is -0.821. The Balaban J connectivity index is 2.71. The SMILES string of the molecule is CC1CN(C=C(Cl)C(=O)C(F)(F)F)CC(C)O1. The van der Waals surface area contributed by atoms with Crippen LogP contribution in [-0.4, -0.2) is 42.2 Å². The van der Waals surface area contributed by atoms with Gasteiger partial charge in [0, 0.05) is 19.3 Å². The Bertz CT molecular complexity index is 320. The number of carbonyl (C=O) groups is 1. The van der Waals surface area contributed by atoms with Crippen molar-refractivity contribution in [2.75, 3.05) is 13.1 Å². The lowest BCUT2D eigenvalue weighted by Gasteiger charge is -2.34. The van der Waals surface area contributed by atoms with Crippen LogP contribution in [0.15, 0.2) is 11.2 Å². The topological polar surface area (TPSA) is 29.5 Å². The molecule has 7 heteroatoms. The first-order valence-electron chi connectivity index (χ1n) is 5.08. The third-order valence-corrected chi connectivity index (χ3v) is 2.49. The van der Waals surface area contributed by atoms with Crippen LogP contribution in [0.1, 0.15) is 13.8 Å². The van der Waals surface area contributed by atoms with Crippen LogP contribution in [0.3, 0.4) is 0 Å². The summed E-state index contributed by atoms with van der Waals surface area (Å²) < 4.78 is 41.7. The highest BCUT2D eigenvalue weighted by Crippen LogP contribution is 2.23. The predicted molar refractivity (Wildman–Crippen MR) is 56.6 cm³/mol. The zero-order chi connectivity index (χ0) is 13.2. The van der Waals surface area contributed by atoms with Crippen molar-refractivity contribution in [1.82, 2.24) is 4.90 Å². The first-order chi connectivity index (χ1) is 7.70. The molecule has 0 amide bonds. The van der Waals surface area contributed by atoms with E-state index in [4.69, 9.17) is 16.3 Å². The lowest BCUT2D eigenvalue weighted by molar-refractivity contribution is -0.165. The summed E-state index contributed by atoms with van der Waals surface area (Å²) in [4.78, 5) is 12.4. The van der Waals surface area contributed by atoms with Gasteiger partial charge in [0.05, 0.1) is 12.2 Å². The number of hydrogen-bond acceptors (Lipinski definition) is 3. The molecule has 2 atom stereocenters. The quantitative estimate of drug-likeness (QED) is 0.722. The molecule has 0 radical (unpaired) electrons. The second-order valence-electron chi connectivity index (χ2n) is 4.02. The smallest absolute Gasteiger partial charge is 0.372 e. The molecule has 98 valence electrons. The van der Waals surface area contributed by atoms with Crippen molar-refractivity contribution in [2.24, 2.45) is 0 Å². The standard InChI is InChI=1S/C10H13ClF3NO2/c1-6-3-15(4-7(2)17-6)5-8(11)9(16)10(12,13)14/h5-7H,3-4H2,1-2H3. The van der Waals surface area contributed by atoms with E-state index in [9.17, 15) is 18.0 Å². The van der Waals surface area contributed by atoms with Crippen LogP contribution < -0.4 is 0 Å². The molecular formula is C10H13ClF3NO2. The number of morpholine rings is 1. The van der Waals surface area contributed by atoms with Crippen LogP contribution in [-0.2, 0) is 9.53 Å². The van der Waals surface area contributed by atoms with Crippen molar-refractivity contribution in [3.63, 3.8) is 0 Å². The van der Waals surface area contributed by atoms with Gasteiger partial charge in [-0.25, -0.2) is 0 Å². The van der Waals surface area contributed by atoms with Gasteiger partial charge in [0.15, 0.2) is 0 Å². The van der Waals surface area contributed by atoms with E-state index >= 15 is 0 Å². The fourth-order valence-corrected chi connectivity index (χ4v) is 1.92. The third-order valence-electron chi connectivity index (χ3n) is 2.22. The highest BCUT2D eigenvalue weighted by atomic mass is 35.5. The number of ketones is 1. The summed E-state index contributed by atoms with van der Waals surface area (Å²) in [6.45, 7) is 4.42. The number of allylic oxidation sites excluding steroid dienone is 1. The van der Waals surface area contributed by atoms with E-state index in [1.54, 1.807) is 18.7 Å². The maximum atomic E-state index is 12.1. The Labute approximate surface area is 102 Å². The van der Waals surface area contributed by atoms with E-state index in [1.807, 2.05) is 0 Å². The Morgan fingerprint density at radius 2 is 1.82 bits per heavy atom. The molecule has 0 aromatic carbocycles. The Hall–Kier alpha value is -0.750. The van der Waals surface area contributed by atoms with Crippen molar-refractivity contribution in [3.8, 4) is 0 Å². The molecule has 17 heavy (non-hydrogen) atoms. The zero-order valence-corrected chi connectivity index (χ0v) is 10.2. The molecule has 1 aliphatic heterocycles. The fourth-order valence-electron chi connectivity index (χ4n) is 1.68. The second kappa shape index (κ2) is 5.27. The van der Waals surface area contributed by atoms with E-state index in [2.05, 4.69) is 0 Å². The van der Waals surface area contributed by atoms with Crippen molar-refractivity contribution in [1.29, 1.82) is 0 Å². The molecule has 0 bridgehead atoms. The minimum Gasteiger partial charge on any atom is -0.372 e. The molecule has 3 nitrogen and oxygen atoms in total. The van der Waals surface area contributed by atoms with E-state index in [-0.39, 0.29) is 12.2 Å². The van der Waals surface area contributed by atoms with Crippen LogP contribution in [0.2, 0.25) is 0 Å². The molecule has 0 aromatic heterocycles. The van der Waals surface area contributed by atoms with Crippen LogP contribution in [0.25, 0.3) is 0 Å². The number of carbonyl (C=O) groups excluding carboxylic acids is 1. The largest absolute Gasteiger partial charge is 0.455 e. The van der Waals surface area contributed by atoms with Gasteiger partial charge < -0.3 is 9.64 Å².